The van der Waals surface area contributed by atoms with Gasteiger partial charge in [0, 0.05) is 31.0 Å². The fourth-order valence-electron chi connectivity index (χ4n) is 3.18. The number of carbonyl (C=O) groups is 1. The number of fused-ring (bicyclic) bond motifs is 2. The molecule has 0 saturated heterocycles. The van der Waals surface area contributed by atoms with Crippen LogP contribution in [0, 0.1) is 0 Å². The van der Waals surface area contributed by atoms with Crippen molar-refractivity contribution in [2.24, 2.45) is 0 Å². The molecular weight excluding hydrogens is 358 g/mol. The van der Waals surface area contributed by atoms with E-state index < -0.39 is 0 Å². The van der Waals surface area contributed by atoms with E-state index in [9.17, 15) is 4.79 Å². The Labute approximate surface area is 151 Å². The molecule has 0 saturated carbocycles. The molecule has 10 nitrogen and oxygen atoms in total. The number of nitrogens with one attached hydrogen (secondary N) is 1. The number of amides is 1. The summed E-state index contributed by atoms with van der Waals surface area (Å²) in [5.74, 6) is 0.473. The zero-order chi connectivity index (χ0) is 17.7. The van der Waals surface area contributed by atoms with Gasteiger partial charge in [0.05, 0.1) is 23.5 Å². The smallest absolute Gasteiger partial charge is 0.274 e. The first kappa shape index (κ1) is 15.0. The van der Waals surface area contributed by atoms with E-state index in [0.29, 0.717) is 41.8 Å². The van der Waals surface area contributed by atoms with Gasteiger partial charge in [-0.3, -0.25) is 4.79 Å². The standard InChI is InChI=1S/C15H12ClN9O/c16-9-6-17-13-5-11(20-25(13)7-9)15(26)23-3-4-24-10(8-23)1-2-12(24)14-18-21-22-19-14/h1-2,5-7H,3-4,8H2,(H,18,19,21,22). The van der Waals surface area contributed by atoms with E-state index in [-0.39, 0.29) is 5.91 Å². The van der Waals surface area contributed by atoms with Crippen LogP contribution in [-0.4, -0.2) is 57.1 Å². The first-order chi connectivity index (χ1) is 12.7. The number of halogens is 1. The van der Waals surface area contributed by atoms with Crippen LogP contribution in [0.2, 0.25) is 5.02 Å². The molecule has 0 atom stereocenters. The van der Waals surface area contributed by atoms with Gasteiger partial charge in [-0.15, -0.1) is 5.10 Å². The number of nitrogens with zero attached hydrogens (tertiary/aromatic N) is 8. The van der Waals surface area contributed by atoms with Gasteiger partial charge in [-0.05, 0) is 22.6 Å². The van der Waals surface area contributed by atoms with E-state index in [0.717, 1.165) is 11.4 Å². The minimum Gasteiger partial charge on any atom is -0.338 e. The average molecular weight is 370 g/mol. The molecule has 1 N–H and O–H groups in total. The predicted molar refractivity (Wildman–Crippen MR) is 90.3 cm³/mol. The SMILES string of the molecule is O=C(c1cc2ncc(Cl)cn2n1)N1CCn2c(ccc2-c2nnn[nH]2)C1. The molecule has 0 fully saturated rings. The van der Waals surface area contributed by atoms with Crippen LogP contribution in [0.25, 0.3) is 17.2 Å². The number of hydrogen-bond acceptors (Lipinski definition) is 6. The van der Waals surface area contributed by atoms with E-state index in [2.05, 4.69) is 35.3 Å². The van der Waals surface area contributed by atoms with Crippen LogP contribution in [0.1, 0.15) is 16.2 Å². The normalized spacial score (nSPS) is 14.0. The fourth-order valence-corrected chi connectivity index (χ4v) is 3.32. The zero-order valence-electron chi connectivity index (χ0n) is 13.4. The van der Waals surface area contributed by atoms with E-state index in [1.165, 1.54) is 10.7 Å². The van der Waals surface area contributed by atoms with Crippen LogP contribution in [0.5, 0.6) is 0 Å². The highest BCUT2D eigenvalue weighted by Gasteiger charge is 2.26. The number of carbonyl (C=O) groups excluding carboxylic acids is 1. The molecule has 0 unspecified atom stereocenters. The summed E-state index contributed by atoms with van der Waals surface area (Å²) in [5.41, 5.74) is 2.85. The lowest BCUT2D eigenvalue weighted by molar-refractivity contribution is 0.0705. The number of tetrazole rings is 1. The fraction of sp³-hybridized carbons (Fsp3) is 0.200. The van der Waals surface area contributed by atoms with Crippen LogP contribution < -0.4 is 0 Å². The third kappa shape index (κ3) is 2.34. The minimum absolute atomic E-state index is 0.137. The molecular formula is C15H12ClN9O. The molecule has 4 aromatic rings. The van der Waals surface area contributed by atoms with Crippen molar-refractivity contribution in [3.8, 4) is 11.5 Å². The second-order valence-electron chi connectivity index (χ2n) is 5.94. The molecule has 11 heteroatoms. The lowest BCUT2D eigenvalue weighted by Gasteiger charge is -2.28. The summed E-state index contributed by atoms with van der Waals surface area (Å²) in [4.78, 5) is 18.8. The van der Waals surface area contributed by atoms with Crippen molar-refractivity contribution in [1.29, 1.82) is 0 Å². The Morgan fingerprint density at radius 3 is 3.04 bits per heavy atom. The third-order valence-corrected chi connectivity index (χ3v) is 4.59. The second kappa shape index (κ2) is 5.63. The van der Waals surface area contributed by atoms with Crippen LogP contribution in [0.15, 0.2) is 30.6 Å². The molecule has 0 spiro atoms. The summed E-state index contributed by atoms with van der Waals surface area (Å²) in [6.45, 7) is 1.71. The zero-order valence-corrected chi connectivity index (χ0v) is 14.1. The van der Waals surface area contributed by atoms with Gasteiger partial charge in [0.15, 0.2) is 17.2 Å². The molecule has 0 aromatic carbocycles. The summed E-state index contributed by atoms with van der Waals surface area (Å²) < 4.78 is 3.62. The molecule has 0 bridgehead atoms. The summed E-state index contributed by atoms with van der Waals surface area (Å²) >= 11 is 5.92. The van der Waals surface area contributed by atoms with E-state index >= 15 is 0 Å². The predicted octanol–water partition coefficient (Wildman–Crippen LogP) is 1.02. The van der Waals surface area contributed by atoms with Crippen LogP contribution in [0.4, 0.5) is 0 Å². The van der Waals surface area contributed by atoms with Crippen molar-refractivity contribution in [2.75, 3.05) is 6.54 Å². The molecule has 4 aromatic heterocycles. The monoisotopic (exact) mass is 369 g/mol. The van der Waals surface area contributed by atoms with Crippen molar-refractivity contribution in [1.82, 2.24) is 44.7 Å². The topological polar surface area (TPSA) is 110 Å². The first-order valence-corrected chi connectivity index (χ1v) is 8.29. The van der Waals surface area contributed by atoms with Gasteiger partial charge < -0.3 is 9.47 Å². The highest BCUT2D eigenvalue weighted by atomic mass is 35.5. The summed E-state index contributed by atoms with van der Waals surface area (Å²) in [7, 11) is 0. The molecule has 1 aliphatic rings. The Morgan fingerprint density at radius 2 is 2.19 bits per heavy atom. The first-order valence-electron chi connectivity index (χ1n) is 7.92. The summed E-state index contributed by atoms with van der Waals surface area (Å²) in [6, 6.07) is 5.59. The van der Waals surface area contributed by atoms with Gasteiger partial charge in [0.25, 0.3) is 5.91 Å². The summed E-state index contributed by atoms with van der Waals surface area (Å²) in [6.07, 6.45) is 3.15. The van der Waals surface area contributed by atoms with Crippen molar-refractivity contribution < 1.29 is 4.79 Å². The second-order valence-corrected chi connectivity index (χ2v) is 6.38. The van der Waals surface area contributed by atoms with Crippen LogP contribution in [0.3, 0.4) is 0 Å². The van der Waals surface area contributed by atoms with E-state index in [4.69, 9.17) is 11.6 Å². The number of H-pyrrole nitrogens is 1. The Kier molecular flexibility index (Phi) is 3.25. The maximum Gasteiger partial charge on any atom is 0.274 e. The Hall–Kier alpha value is -3.27. The van der Waals surface area contributed by atoms with Crippen LogP contribution in [-0.2, 0) is 13.1 Å². The molecule has 0 aliphatic carbocycles. The molecule has 0 radical (unpaired) electrons. The van der Waals surface area contributed by atoms with Crippen molar-refractivity contribution in [2.45, 2.75) is 13.1 Å². The number of hydrogen-bond donors (Lipinski definition) is 1. The average Bonchev–Trinajstić information content (AvgIpc) is 3.38. The highest BCUT2D eigenvalue weighted by molar-refractivity contribution is 6.30. The minimum atomic E-state index is -0.137. The van der Waals surface area contributed by atoms with Crippen molar-refractivity contribution >= 4 is 23.2 Å². The lowest BCUT2D eigenvalue weighted by atomic mass is 10.2. The van der Waals surface area contributed by atoms with Crippen molar-refractivity contribution in [3.05, 3.63) is 47.0 Å². The largest absolute Gasteiger partial charge is 0.338 e. The lowest BCUT2D eigenvalue weighted by Crippen LogP contribution is -2.38. The van der Waals surface area contributed by atoms with Gasteiger partial charge in [-0.2, -0.15) is 5.10 Å². The molecule has 5 rings (SSSR count). The molecule has 26 heavy (non-hydrogen) atoms. The maximum absolute atomic E-state index is 12.8. The van der Waals surface area contributed by atoms with Gasteiger partial charge in [-0.1, -0.05) is 11.6 Å². The Balaban J connectivity index is 1.42. The van der Waals surface area contributed by atoms with Gasteiger partial charge in [-0.25, -0.2) is 14.6 Å². The molecule has 1 aliphatic heterocycles. The highest BCUT2D eigenvalue weighted by Crippen LogP contribution is 2.24. The number of rotatable bonds is 2. The van der Waals surface area contributed by atoms with Crippen LogP contribution >= 0.6 is 11.6 Å². The van der Waals surface area contributed by atoms with Crippen molar-refractivity contribution in [3.63, 3.8) is 0 Å². The Bertz CT molecular complexity index is 1110. The van der Waals surface area contributed by atoms with Gasteiger partial charge in [0.2, 0.25) is 0 Å². The third-order valence-electron chi connectivity index (χ3n) is 4.39. The number of aromatic nitrogens is 8. The summed E-state index contributed by atoms with van der Waals surface area (Å²) in [5, 5.41) is 18.7. The molecule has 5 heterocycles. The van der Waals surface area contributed by atoms with E-state index in [1.807, 2.05) is 12.1 Å². The Morgan fingerprint density at radius 1 is 1.27 bits per heavy atom. The molecule has 130 valence electrons. The quantitative estimate of drug-likeness (QED) is 0.565. The maximum atomic E-state index is 12.8. The molecule has 1 amide bonds. The van der Waals surface area contributed by atoms with Gasteiger partial charge >= 0.3 is 0 Å². The number of aromatic amines is 1. The van der Waals surface area contributed by atoms with Gasteiger partial charge in [0.1, 0.15) is 0 Å². The van der Waals surface area contributed by atoms with E-state index in [1.54, 1.807) is 17.2 Å².